The first-order chi connectivity index (χ1) is 7.27. The van der Waals surface area contributed by atoms with E-state index in [4.69, 9.17) is 0 Å². The van der Waals surface area contributed by atoms with Crippen LogP contribution in [0.25, 0.3) is 0 Å². The number of rotatable bonds is 3. The zero-order chi connectivity index (χ0) is 10.7. The maximum atomic E-state index is 9.27. The van der Waals surface area contributed by atoms with Crippen molar-refractivity contribution in [3.05, 3.63) is 35.4 Å². The molecule has 1 aromatic carbocycles. The Morgan fingerprint density at radius 3 is 3.07 bits per heavy atom. The van der Waals surface area contributed by atoms with Crippen LogP contribution in [0.3, 0.4) is 0 Å². The molecule has 0 amide bonds. The molecule has 2 atom stereocenters. The zero-order valence-electron chi connectivity index (χ0n) is 9.24. The van der Waals surface area contributed by atoms with Gasteiger partial charge >= 0.3 is 0 Å². The number of aliphatic hydroxyl groups excluding tert-OH is 1. The topological polar surface area (TPSA) is 32.3 Å². The molecule has 0 heterocycles. The van der Waals surface area contributed by atoms with Gasteiger partial charge < -0.3 is 10.4 Å². The van der Waals surface area contributed by atoms with Gasteiger partial charge in [-0.25, -0.2) is 0 Å². The minimum atomic E-state index is -0.265. The van der Waals surface area contributed by atoms with Crippen molar-refractivity contribution in [1.29, 1.82) is 0 Å². The third-order valence-electron chi connectivity index (χ3n) is 3.03. The van der Waals surface area contributed by atoms with Crippen molar-refractivity contribution in [1.82, 2.24) is 5.32 Å². The fourth-order valence-corrected chi connectivity index (χ4v) is 2.28. The maximum Gasteiger partial charge on any atom is 0.0636 e. The summed E-state index contributed by atoms with van der Waals surface area (Å²) >= 11 is 0. The predicted octanol–water partition coefficient (Wildman–Crippen LogP) is 2.03. The van der Waals surface area contributed by atoms with Gasteiger partial charge in [-0.1, -0.05) is 24.3 Å². The highest BCUT2D eigenvalue weighted by atomic mass is 16.3. The maximum absolute atomic E-state index is 9.27. The summed E-state index contributed by atoms with van der Waals surface area (Å²) in [4.78, 5) is 0. The van der Waals surface area contributed by atoms with Gasteiger partial charge in [-0.15, -0.1) is 0 Å². The smallest absolute Gasteiger partial charge is 0.0636 e. The van der Waals surface area contributed by atoms with E-state index in [-0.39, 0.29) is 6.10 Å². The Morgan fingerprint density at radius 1 is 1.47 bits per heavy atom. The van der Waals surface area contributed by atoms with Crippen LogP contribution >= 0.6 is 0 Å². The molecule has 0 fully saturated rings. The van der Waals surface area contributed by atoms with Gasteiger partial charge in [0.2, 0.25) is 0 Å². The molecule has 0 saturated carbocycles. The second-order valence-electron chi connectivity index (χ2n) is 4.40. The second kappa shape index (κ2) is 4.77. The van der Waals surface area contributed by atoms with E-state index in [0.717, 1.165) is 0 Å². The van der Waals surface area contributed by atoms with E-state index in [1.807, 2.05) is 6.92 Å². The Bertz CT molecular complexity index is 322. The molecule has 2 heteroatoms. The lowest BCUT2D eigenvalue weighted by Gasteiger charge is -2.26. The van der Waals surface area contributed by atoms with Gasteiger partial charge in [0.1, 0.15) is 0 Å². The van der Waals surface area contributed by atoms with E-state index in [1.54, 1.807) is 0 Å². The molecule has 1 aromatic rings. The summed E-state index contributed by atoms with van der Waals surface area (Å²) in [5.41, 5.74) is 2.89. The molecule has 0 aliphatic heterocycles. The van der Waals surface area contributed by atoms with Crippen LogP contribution in [0.2, 0.25) is 0 Å². The van der Waals surface area contributed by atoms with Gasteiger partial charge in [0, 0.05) is 12.6 Å². The lowest BCUT2D eigenvalue weighted by molar-refractivity contribution is 0.184. The third-order valence-corrected chi connectivity index (χ3v) is 3.03. The fraction of sp³-hybridized carbons (Fsp3) is 0.538. The summed E-state index contributed by atoms with van der Waals surface area (Å²) in [6.07, 6.45) is 3.36. The van der Waals surface area contributed by atoms with Crippen LogP contribution in [-0.2, 0) is 6.42 Å². The van der Waals surface area contributed by atoms with Crippen LogP contribution in [-0.4, -0.2) is 17.8 Å². The molecule has 2 rings (SSSR count). The SMILES string of the molecule is C[C@@H](O)CN[C@H]1CCCc2ccccc21. The Kier molecular flexibility index (Phi) is 3.39. The fourth-order valence-electron chi connectivity index (χ4n) is 2.28. The number of fused-ring (bicyclic) bond motifs is 1. The lowest BCUT2D eigenvalue weighted by atomic mass is 9.88. The molecule has 0 aromatic heterocycles. The highest BCUT2D eigenvalue weighted by Crippen LogP contribution is 2.29. The first-order valence-corrected chi connectivity index (χ1v) is 5.76. The lowest BCUT2D eigenvalue weighted by Crippen LogP contribution is -2.30. The van der Waals surface area contributed by atoms with Crippen molar-refractivity contribution in [3.8, 4) is 0 Å². The van der Waals surface area contributed by atoms with Crippen molar-refractivity contribution >= 4 is 0 Å². The van der Waals surface area contributed by atoms with E-state index < -0.39 is 0 Å². The van der Waals surface area contributed by atoms with Gasteiger partial charge in [-0.2, -0.15) is 0 Å². The highest BCUT2D eigenvalue weighted by Gasteiger charge is 2.18. The molecule has 82 valence electrons. The van der Waals surface area contributed by atoms with E-state index >= 15 is 0 Å². The van der Waals surface area contributed by atoms with Crippen LogP contribution in [0.1, 0.15) is 36.9 Å². The van der Waals surface area contributed by atoms with E-state index in [9.17, 15) is 5.11 Å². The number of hydrogen-bond acceptors (Lipinski definition) is 2. The largest absolute Gasteiger partial charge is 0.392 e. The minimum absolute atomic E-state index is 0.265. The molecule has 0 saturated heterocycles. The minimum Gasteiger partial charge on any atom is -0.392 e. The first kappa shape index (κ1) is 10.7. The van der Waals surface area contributed by atoms with Gasteiger partial charge in [-0.3, -0.25) is 0 Å². The van der Waals surface area contributed by atoms with E-state index in [0.29, 0.717) is 12.6 Å². The molecular formula is C13H19NO. The summed E-state index contributed by atoms with van der Waals surface area (Å²) in [6.45, 7) is 2.50. The highest BCUT2D eigenvalue weighted by molar-refractivity contribution is 5.32. The van der Waals surface area contributed by atoms with Crippen molar-refractivity contribution < 1.29 is 5.11 Å². The van der Waals surface area contributed by atoms with Crippen LogP contribution in [0.5, 0.6) is 0 Å². The summed E-state index contributed by atoms with van der Waals surface area (Å²) in [7, 11) is 0. The predicted molar refractivity (Wildman–Crippen MR) is 61.8 cm³/mol. The monoisotopic (exact) mass is 205 g/mol. The Morgan fingerprint density at radius 2 is 2.27 bits per heavy atom. The summed E-state index contributed by atoms with van der Waals surface area (Å²) in [5.74, 6) is 0. The zero-order valence-corrected chi connectivity index (χ0v) is 9.24. The Balaban J connectivity index is 2.08. The first-order valence-electron chi connectivity index (χ1n) is 5.76. The molecule has 0 spiro atoms. The number of aryl methyl sites for hydroxylation is 1. The third kappa shape index (κ3) is 2.58. The van der Waals surface area contributed by atoms with Crippen molar-refractivity contribution in [2.24, 2.45) is 0 Å². The van der Waals surface area contributed by atoms with Gasteiger partial charge in [-0.05, 0) is 37.3 Å². The molecular weight excluding hydrogens is 186 g/mol. The van der Waals surface area contributed by atoms with Crippen molar-refractivity contribution in [2.75, 3.05) is 6.54 Å². The Hall–Kier alpha value is -0.860. The number of hydrogen-bond donors (Lipinski definition) is 2. The van der Waals surface area contributed by atoms with Gasteiger partial charge in [0.25, 0.3) is 0 Å². The molecule has 0 bridgehead atoms. The average molecular weight is 205 g/mol. The van der Waals surface area contributed by atoms with Crippen LogP contribution < -0.4 is 5.32 Å². The number of benzene rings is 1. The van der Waals surface area contributed by atoms with Crippen molar-refractivity contribution in [3.63, 3.8) is 0 Å². The number of aliphatic hydroxyl groups is 1. The molecule has 1 aliphatic rings. The molecule has 0 radical (unpaired) electrons. The molecule has 2 nitrogen and oxygen atoms in total. The van der Waals surface area contributed by atoms with Crippen molar-refractivity contribution in [2.45, 2.75) is 38.3 Å². The van der Waals surface area contributed by atoms with Gasteiger partial charge in [0.05, 0.1) is 6.10 Å². The Labute approximate surface area is 91.3 Å². The van der Waals surface area contributed by atoms with E-state index in [2.05, 4.69) is 29.6 Å². The summed E-state index contributed by atoms with van der Waals surface area (Å²) in [6, 6.07) is 9.06. The molecule has 1 aliphatic carbocycles. The van der Waals surface area contributed by atoms with Crippen LogP contribution in [0, 0.1) is 0 Å². The number of nitrogens with one attached hydrogen (secondary N) is 1. The average Bonchev–Trinajstić information content (AvgIpc) is 2.26. The molecule has 0 unspecified atom stereocenters. The van der Waals surface area contributed by atoms with E-state index in [1.165, 1.54) is 30.4 Å². The van der Waals surface area contributed by atoms with Crippen LogP contribution in [0.15, 0.2) is 24.3 Å². The van der Waals surface area contributed by atoms with Gasteiger partial charge in [0.15, 0.2) is 0 Å². The van der Waals surface area contributed by atoms with Crippen LogP contribution in [0.4, 0.5) is 0 Å². The quantitative estimate of drug-likeness (QED) is 0.791. The summed E-state index contributed by atoms with van der Waals surface area (Å²) < 4.78 is 0. The standard InChI is InChI=1S/C13H19NO/c1-10(15)9-14-13-8-4-6-11-5-2-3-7-12(11)13/h2-3,5,7,10,13-15H,4,6,8-9H2,1H3/t10-,13+/m1/s1. The molecule has 15 heavy (non-hydrogen) atoms. The molecule has 2 N–H and O–H groups in total. The second-order valence-corrected chi connectivity index (χ2v) is 4.40. The normalized spacial score (nSPS) is 22.1. The summed E-state index contributed by atoms with van der Waals surface area (Å²) in [5, 5.41) is 12.7.